The zero-order valence-corrected chi connectivity index (χ0v) is 14.2. The van der Waals surface area contributed by atoms with E-state index in [4.69, 9.17) is 11.6 Å². The van der Waals surface area contributed by atoms with Crippen LogP contribution >= 0.6 is 11.6 Å². The minimum Gasteiger partial charge on any atom is -0.339 e. The van der Waals surface area contributed by atoms with E-state index in [-0.39, 0.29) is 5.91 Å². The Labute approximate surface area is 133 Å². The van der Waals surface area contributed by atoms with Crippen LogP contribution in [0.4, 0.5) is 0 Å². The third-order valence-electron chi connectivity index (χ3n) is 3.45. The molecule has 0 saturated carbocycles. The summed E-state index contributed by atoms with van der Waals surface area (Å²) in [6, 6.07) is 3.58. The van der Waals surface area contributed by atoms with Crippen molar-refractivity contribution in [2.75, 3.05) is 13.1 Å². The molecule has 0 bridgehead atoms. The quantitative estimate of drug-likeness (QED) is 0.618. The Hall–Kier alpha value is -1.09. The second-order valence-electron chi connectivity index (χ2n) is 5.42. The highest BCUT2D eigenvalue weighted by atomic mass is 35.5. The molecule has 21 heavy (non-hydrogen) atoms. The molecule has 118 valence electrons. The van der Waals surface area contributed by atoms with Gasteiger partial charge in [0.2, 0.25) is 0 Å². The van der Waals surface area contributed by atoms with Gasteiger partial charge in [-0.1, -0.05) is 51.6 Å². The molecule has 1 aromatic heterocycles. The molecule has 1 rings (SSSR count). The number of aromatic nitrogens is 1. The average molecular weight is 311 g/mol. The predicted molar refractivity (Wildman–Crippen MR) is 89.0 cm³/mol. The minimum atomic E-state index is 0.0820. The number of pyridine rings is 1. The Morgan fingerprint density at radius 3 is 2.24 bits per heavy atom. The van der Waals surface area contributed by atoms with Crippen molar-refractivity contribution in [1.29, 1.82) is 0 Å². The van der Waals surface area contributed by atoms with E-state index in [2.05, 4.69) is 25.8 Å². The summed E-state index contributed by atoms with van der Waals surface area (Å²) < 4.78 is 0. The fourth-order valence-corrected chi connectivity index (χ4v) is 2.48. The lowest BCUT2D eigenvalue weighted by molar-refractivity contribution is 0.0751. The van der Waals surface area contributed by atoms with Crippen molar-refractivity contribution in [2.45, 2.75) is 59.3 Å². The number of halogens is 1. The van der Waals surface area contributed by atoms with Crippen LogP contribution in [0.1, 0.15) is 68.9 Å². The smallest absolute Gasteiger partial charge is 0.254 e. The topological polar surface area (TPSA) is 33.2 Å². The fourth-order valence-electron chi connectivity index (χ4n) is 2.25. The summed E-state index contributed by atoms with van der Waals surface area (Å²) in [6.07, 6.45) is 6.11. The Morgan fingerprint density at radius 2 is 1.71 bits per heavy atom. The van der Waals surface area contributed by atoms with Gasteiger partial charge in [0.25, 0.3) is 5.91 Å². The lowest BCUT2D eigenvalue weighted by atomic mass is 10.1. The van der Waals surface area contributed by atoms with Crippen molar-refractivity contribution in [3.8, 4) is 0 Å². The van der Waals surface area contributed by atoms with Crippen LogP contribution in [0.15, 0.2) is 12.1 Å². The number of rotatable bonds is 9. The number of hydrogen-bond donors (Lipinski definition) is 0. The Bertz CT molecular complexity index is 440. The summed E-state index contributed by atoms with van der Waals surface area (Å²) in [5.74, 6) is 0.0820. The maximum Gasteiger partial charge on any atom is 0.254 e. The van der Waals surface area contributed by atoms with Crippen molar-refractivity contribution in [3.05, 3.63) is 28.5 Å². The molecule has 0 aliphatic carbocycles. The number of hydrogen-bond acceptors (Lipinski definition) is 2. The van der Waals surface area contributed by atoms with Gasteiger partial charge < -0.3 is 4.90 Å². The molecule has 0 aromatic carbocycles. The highest BCUT2D eigenvalue weighted by Crippen LogP contribution is 2.15. The highest BCUT2D eigenvalue weighted by Gasteiger charge is 2.16. The van der Waals surface area contributed by atoms with Gasteiger partial charge in [0, 0.05) is 24.3 Å². The third-order valence-corrected chi connectivity index (χ3v) is 3.64. The first-order chi connectivity index (χ1) is 10.1. The van der Waals surface area contributed by atoms with Gasteiger partial charge in [0.1, 0.15) is 5.15 Å². The molecule has 0 fully saturated rings. The van der Waals surface area contributed by atoms with E-state index in [9.17, 15) is 4.79 Å². The Kier molecular flexibility index (Phi) is 8.36. The van der Waals surface area contributed by atoms with Crippen molar-refractivity contribution < 1.29 is 4.79 Å². The van der Waals surface area contributed by atoms with Gasteiger partial charge in [0.15, 0.2) is 0 Å². The van der Waals surface area contributed by atoms with Crippen LogP contribution < -0.4 is 0 Å². The van der Waals surface area contributed by atoms with Crippen LogP contribution in [-0.4, -0.2) is 28.9 Å². The van der Waals surface area contributed by atoms with Gasteiger partial charge in [-0.25, -0.2) is 4.98 Å². The van der Waals surface area contributed by atoms with Gasteiger partial charge in [-0.15, -0.1) is 0 Å². The number of unbranched alkanes of at least 4 members (excludes halogenated alkanes) is 2. The van der Waals surface area contributed by atoms with E-state index in [0.717, 1.165) is 57.3 Å². The van der Waals surface area contributed by atoms with Crippen molar-refractivity contribution in [1.82, 2.24) is 9.88 Å². The summed E-state index contributed by atoms with van der Waals surface area (Å²) in [5.41, 5.74) is 1.57. The van der Waals surface area contributed by atoms with Crippen molar-refractivity contribution in [3.63, 3.8) is 0 Å². The fraction of sp³-hybridized carbons (Fsp3) is 0.647. The molecule has 0 radical (unpaired) electrons. The number of aryl methyl sites for hydroxylation is 1. The molecule has 0 saturated heterocycles. The SMILES string of the molecule is CCCCN(CCCC)C(=O)c1cc(Cl)nc(CCC)c1. The molecule has 4 heteroatoms. The number of amides is 1. The molecule has 0 atom stereocenters. The summed E-state index contributed by atoms with van der Waals surface area (Å²) in [6.45, 7) is 8.02. The van der Waals surface area contributed by atoms with E-state index in [1.807, 2.05) is 11.0 Å². The molecular formula is C17H27ClN2O. The molecule has 1 heterocycles. The van der Waals surface area contributed by atoms with E-state index >= 15 is 0 Å². The average Bonchev–Trinajstić information content (AvgIpc) is 2.46. The van der Waals surface area contributed by atoms with E-state index in [1.165, 1.54) is 0 Å². The number of nitrogens with zero attached hydrogens (tertiary/aromatic N) is 2. The Balaban J connectivity index is 2.90. The lowest BCUT2D eigenvalue weighted by Gasteiger charge is -2.22. The van der Waals surface area contributed by atoms with Crippen molar-refractivity contribution >= 4 is 17.5 Å². The van der Waals surface area contributed by atoms with Gasteiger partial charge >= 0.3 is 0 Å². The van der Waals surface area contributed by atoms with Crippen LogP contribution in [-0.2, 0) is 6.42 Å². The molecule has 1 aromatic rings. The van der Waals surface area contributed by atoms with E-state index in [0.29, 0.717) is 10.7 Å². The molecule has 0 unspecified atom stereocenters. The summed E-state index contributed by atoms with van der Waals surface area (Å²) in [7, 11) is 0. The molecular weight excluding hydrogens is 284 g/mol. The zero-order chi connectivity index (χ0) is 15.7. The van der Waals surface area contributed by atoms with Crippen LogP contribution in [0, 0.1) is 0 Å². The van der Waals surface area contributed by atoms with Crippen LogP contribution in [0.25, 0.3) is 0 Å². The second kappa shape index (κ2) is 9.78. The second-order valence-corrected chi connectivity index (χ2v) is 5.81. The van der Waals surface area contributed by atoms with Crippen LogP contribution in [0.3, 0.4) is 0 Å². The molecule has 0 N–H and O–H groups in total. The van der Waals surface area contributed by atoms with Gasteiger partial charge in [0.05, 0.1) is 0 Å². The lowest BCUT2D eigenvalue weighted by Crippen LogP contribution is -2.33. The van der Waals surface area contributed by atoms with Gasteiger partial charge in [-0.05, 0) is 31.4 Å². The maximum atomic E-state index is 12.7. The van der Waals surface area contributed by atoms with E-state index < -0.39 is 0 Å². The minimum absolute atomic E-state index is 0.0820. The normalized spacial score (nSPS) is 10.7. The van der Waals surface area contributed by atoms with Gasteiger partial charge in [-0.2, -0.15) is 0 Å². The van der Waals surface area contributed by atoms with Gasteiger partial charge in [-0.3, -0.25) is 4.79 Å². The molecule has 3 nitrogen and oxygen atoms in total. The Morgan fingerprint density at radius 1 is 1.10 bits per heavy atom. The van der Waals surface area contributed by atoms with Crippen LogP contribution in [0.5, 0.6) is 0 Å². The maximum absolute atomic E-state index is 12.7. The first-order valence-corrected chi connectivity index (χ1v) is 8.45. The molecule has 0 spiro atoms. The summed E-state index contributed by atoms with van der Waals surface area (Å²) >= 11 is 6.06. The third kappa shape index (κ3) is 6.04. The number of carbonyl (C=O) groups excluding carboxylic acids is 1. The number of carbonyl (C=O) groups is 1. The summed E-state index contributed by atoms with van der Waals surface area (Å²) in [4.78, 5) is 18.9. The zero-order valence-electron chi connectivity index (χ0n) is 13.5. The predicted octanol–water partition coefficient (Wildman–Crippen LogP) is 4.73. The monoisotopic (exact) mass is 310 g/mol. The first kappa shape index (κ1) is 18.0. The van der Waals surface area contributed by atoms with Crippen molar-refractivity contribution in [2.24, 2.45) is 0 Å². The van der Waals surface area contributed by atoms with Crippen LogP contribution in [0.2, 0.25) is 5.15 Å². The first-order valence-electron chi connectivity index (χ1n) is 8.08. The summed E-state index contributed by atoms with van der Waals surface area (Å²) in [5, 5.41) is 0.412. The van der Waals surface area contributed by atoms with E-state index in [1.54, 1.807) is 6.07 Å². The highest BCUT2D eigenvalue weighted by molar-refractivity contribution is 6.29. The molecule has 0 aliphatic rings. The molecule has 0 aliphatic heterocycles. The largest absolute Gasteiger partial charge is 0.339 e. The molecule has 1 amide bonds. The standard InChI is InChI=1S/C17H27ClN2O/c1-4-7-10-20(11-8-5-2)17(21)14-12-15(9-6-3)19-16(18)13-14/h12-13H,4-11H2,1-3H3.